The van der Waals surface area contributed by atoms with Crippen molar-refractivity contribution in [1.82, 2.24) is 0 Å². The van der Waals surface area contributed by atoms with E-state index in [-0.39, 0.29) is 11.9 Å². The molecule has 1 heterocycles. The summed E-state index contributed by atoms with van der Waals surface area (Å²) in [7, 11) is 1.67. The molecule has 1 aromatic rings. The molecule has 98 valence electrons. The second-order valence-electron chi connectivity index (χ2n) is 4.27. The van der Waals surface area contributed by atoms with E-state index in [1.807, 2.05) is 0 Å². The van der Waals surface area contributed by atoms with Crippen LogP contribution in [-0.2, 0) is 4.74 Å². The van der Waals surface area contributed by atoms with E-state index in [4.69, 9.17) is 16.3 Å². The average molecular weight is 271 g/mol. The van der Waals surface area contributed by atoms with E-state index in [0.717, 1.165) is 31.5 Å². The van der Waals surface area contributed by atoms with Crippen LogP contribution in [0.4, 0.5) is 11.4 Å². The molecule has 2 rings (SSSR count). The molecule has 0 saturated carbocycles. The molecule has 1 aliphatic rings. The molecule has 1 aliphatic heterocycles. The zero-order chi connectivity index (χ0) is 13.1. The van der Waals surface area contributed by atoms with Crippen molar-refractivity contribution in [2.24, 2.45) is 0 Å². The molecular formula is C12H15ClN2O3. The van der Waals surface area contributed by atoms with E-state index in [1.165, 1.54) is 12.1 Å². The normalized spacial score (nSPS) is 19.9. The molecule has 1 aromatic carbocycles. The number of benzene rings is 1. The van der Waals surface area contributed by atoms with Crippen molar-refractivity contribution >= 4 is 23.0 Å². The lowest BCUT2D eigenvalue weighted by Crippen LogP contribution is -2.40. The third-order valence-electron chi connectivity index (χ3n) is 3.17. The number of hydrogen-bond donors (Lipinski definition) is 0. The van der Waals surface area contributed by atoms with Gasteiger partial charge in [-0.1, -0.05) is 11.6 Å². The third kappa shape index (κ3) is 2.57. The van der Waals surface area contributed by atoms with Crippen molar-refractivity contribution in [3.63, 3.8) is 0 Å². The first kappa shape index (κ1) is 13.1. The van der Waals surface area contributed by atoms with E-state index < -0.39 is 4.92 Å². The van der Waals surface area contributed by atoms with Gasteiger partial charge < -0.3 is 9.64 Å². The van der Waals surface area contributed by atoms with Crippen LogP contribution in [0.5, 0.6) is 0 Å². The second-order valence-corrected chi connectivity index (χ2v) is 4.68. The van der Waals surface area contributed by atoms with Gasteiger partial charge in [-0.25, -0.2) is 0 Å². The van der Waals surface area contributed by atoms with E-state index in [1.54, 1.807) is 13.2 Å². The summed E-state index contributed by atoms with van der Waals surface area (Å²) in [6, 6.07) is 4.55. The zero-order valence-electron chi connectivity index (χ0n) is 10.1. The molecule has 1 atom stereocenters. The number of ether oxygens (including phenoxy) is 1. The molecule has 0 aliphatic carbocycles. The Morgan fingerprint density at radius 1 is 1.50 bits per heavy atom. The van der Waals surface area contributed by atoms with Crippen LogP contribution < -0.4 is 4.90 Å². The lowest BCUT2D eigenvalue weighted by atomic mass is 10.1. The van der Waals surface area contributed by atoms with E-state index in [0.29, 0.717) is 5.02 Å². The van der Waals surface area contributed by atoms with Crippen molar-refractivity contribution in [3.05, 3.63) is 33.3 Å². The highest BCUT2D eigenvalue weighted by molar-refractivity contribution is 6.33. The molecule has 0 N–H and O–H groups in total. The summed E-state index contributed by atoms with van der Waals surface area (Å²) in [5.74, 6) is 0. The van der Waals surface area contributed by atoms with Crippen LogP contribution in [0.3, 0.4) is 0 Å². The summed E-state index contributed by atoms with van der Waals surface area (Å²) >= 11 is 6.13. The molecule has 0 amide bonds. The predicted molar refractivity (Wildman–Crippen MR) is 70.1 cm³/mol. The molecule has 0 spiro atoms. The lowest BCUT2D eigenvalue weighted by Gasteiger charge is -2.36. The molecule has 0 aromatic heterocycles. The van der Waals surface area contributed by atoms with Crippen LogP contribution in [0, 0.1) is 10.1 Å². The van der Waals surface area contributed by atoms with Gasteiger partial charge in [-0.2, -0.15) is 0 Å². The van der Waals surface area contributed by atoms with Crippen molar-refractivity contribution in [3.8, 4) is 0 Å². The smallest absolute Gasteiger partial charge is 0.271 e. The van der Waals surface area contributed by atoms with Gasteiger partial charge in [0.1, 0.15) is 6.23 Å². The highest BCUT2D eigenvalue weighted by atomic mass is 35.5. The van der Waals surface area contributed by atoms with Crippen LogP contribution in [-0.4, -0.2) is 24.8 Å². The summed E-state index contributed by atoms with van der Waals surface area (Å²) in [6.45, 7) is 0.857. The van der Waals surface area contributed by atoms with Gasteiger partial charge in [-0.3, -0.25) is 10.1 Å². The maximum atomic E-state index is 10.7. The van der Waals surface area contributed by atoms with Crippen LogP contribution in [0.15, 0.2) is 18.2 Å². The average Bonchev–Trinajstić information content (AvgIpc) is 2.38. The topological polar surface area (TPSA) is 55.6 Å². The van der Waals surface area contributed by atoms with E-state index in [2.05, 4.69) is 4.90 Å². The van der Waals surface area contributed by atoms with Crippen molar-refractivity contribution in [2.75, 3.05) is 18.6 Å². The fourth-order valence-corrected chi connectivity index (χ4v) is 2.55. The Hall–Kier alpha value is -1.33. The highest BCUT2D eigenvalue weighted by Gasteiger charge is 2.24. The van der Waals surface area contributed by atoms with Crippen LogP contribution in [0.2, 0.25) is 5.02 Å². The Morgan fingerprint density at radius 2 is 2.28 bits per heavy atom. The number of anilines is 1. The van der Waals surface area contributed by atoms with Gasteiger partial charge in [0.2, 0.25) is 0 Å². The summed E-state index contributed by atoms with van der Waals surface area (Å²) in [5, 5.41) is 11.1. The summed E-state index contributed by atoms with van der Waals surface area (Å²) in [6.07, 6.45) is 3.15. The fourth-order valence-electron chi connectivity index (χ4n) is 2.26. The molecule has 1 saturated heterocycles. The van der Waals surface area contributed by atoms with Gasteiger partial charge in [0, 0.05) is 25.8 Å². The van der Waals surface area contributed by atoms with Gasteiger partial charge in [0.25, 0.3) is 5.69 Å². The Bertz CT molecular complexity index is 453. The quantitative estimate of drug-likeness (QED) is 0.625. The number of methoxy groups -OCH3 is 1. The van der Waals surface area contributed by atoms with Crippen LogP contribution >= 0.6 is 11.6 Å². The van der Waals surface area contributed by atoms with Gasteiger partial charge >= 0.3 is 0 Å². The van der Waals surface area contributed by atoms with Gasteiger partial charge in [0.05, 0.1) is 15.6 Å². The monoisotopic (exact) mass is 270 g/mol. The molecule has 1 fully saturated rings. The standard InChI is InChI=1S/C12H15ClN2O3/c1-18-12-4-2-3-7-14(12)11-6-5-9(15(16)17)8-10(11)13/h5-6,8,12H,2-4,7H2,1H3. The summed E-state index contributed by atoms with van der Waals surface area (Å²) < 4.78 is 5.42. The van der Waals surface area contributed by atoms with Crippen molar-refractivity contribution in [2.45, 2.75) is 25.5 Å². The minimum Gasteiger partial charge on any atom is -0.362 e. The number of hydrogen-bond acceptors (Lipinski definition) is 4. The number of rotatable bonds is 3. The Kier molecular flexibility index (Phi) is 4.04. The predicted octanol–water partition coefficient (Wildman–Crippen LogP) is 3.21. The number of halogens is 1. The first-order valence-electron chi connectivity index (χ1n) is 5.87. The van der Waals surface area contributed by atoms with Crippen LogP contribution in [0.25, 0.3) is 0 Å². The first-order chi connectivity index (χ1) is 8.63. The Balaban J connectivity index is 2.29. The van der Waals surface area contributed by atoms with Crippen molar-refractivity contribution < 1.29 is 9.66 Å². The molecule has 0 radical (unpaired) electrons. The zero-order valence-corrected chi connectivity index (χ0v) is 10.9. The third-order valence-corrected chi connectivity index (χ3v) is 3.47. The number of nitro groups is 1. The SMILES string of the molecule is COC1CCCCN1c1ccc([N+](=O)[O-])cc1Cl. The maximum Gasteiger partial charge on any atom is 0.271 e. The first-order valence-corrected chi connectivity index (χ1v) is 6.24. The number of non-ortho nitro benzene ring substituents is 1. The van der Waals surface area contributed by atoms with Crippen molar-refractivity contribution in [1.29, 1.82) is 0 Å². The molecule has 1 unspecified atom stereocenters. The van der Waals surface area contributed by atoms with E-state index in [9.17, 15) is 10.1 Å². The Morgan fingerprint density at radius 3 is 2.89 bits per heavy atom. The summed E-state index contributed by atoms with van der Waals surface area (Å²) in [5.41, 5.74) is 0.809. The maximum absolute atomic E-state index is 10.7. The molecule has 5 nitrogen and oxygen atoms in total. The van der Waals surface area contributed by atoms with E-state index >= 15 is 0 Å². The van der Waals surface area contributed by atoms with Gasteiger partial charge in [0.15, 0.2) is 0 Å². The minimum atomic E-state index is -0.445. The highest BCUT2D eigenvalue weighted by Crippen LogP contribution is 2.33. The largest absolute Gasteiger partial charge is 0.362 e. The van der Waals surface area contributed by atoms with Gasteiger partial charge in [-0.05, 0) is 25.3 Å². The molecule has 18 heavy (non-hydrogen) atoms. The Labute approximate surface area is 110 Å². The fraction of sp³-hybridized carbons (Fsp3) is 0.500. The van der Waals surface area contributed by atoms with Gasteiger partial charge in [-0.15, -0.1) is 0 Å². The summed E-state index contributed by atoms with van der Waals surface area (Å²) in [4.78, 5) is 12.3. The lowest BCUT2D eigenvalue weighted by molar-refractivity contribution is -0.384. The molecule has 6 heteroatoms. The number of nitro benzene ring substituents is 1. The number of piperidine rings is 1. The van der Waals surface area contributed by atoms with Crippen LogP contribution in [0.1, 0.15) is 19.3 Å². The molecular weight excluding hydrogens is 256 g/mol. The molecule has 0 bridgehead atoms. The second kappa shape index (κ2) is 5.54. The number of nitrogens with zero attached hydrogens (tertiary/aromatic N) is 2. The minimum absolute atomic E-state index is 0.00212.